The van der Waals surface area contributed by atoms with Crippen molar-refractivity contribution < 1.29 is 16.8 Å². The summed E-state index contributed by atoms with van der Waals surface area (Å²) in [6, 6.07) is 0. The Bertz CT molecular complexity index is 197. The van der Waals surface area contributed by atoms with Crippen molar-refractivity contribution in [2.75, 3.05) is 7.11 Å². The zero-order valence-corrected chi connectivity index (χ0v) is 8.56. The van der Waals surface area contributed by atoms with Crippen LogP contribution in [0.5, 0.6) is 0 Å². The minimum absolute atomic E-state index is 0.296. The normalized spacial score (nSPS) is 14.6. The van der Waals surface area contributed by atoms with Gasteiger partial charge in [0.15, 0.2) is 0 Å². The van der Waals surface area contributed by atoms with Crippen molar-refractivity contribution in [3.8, 4) is 0 Å². The van der Waals surface area contributed by atoms with Gasteiger partial charge in [0.05, 0.1) is 13.2 Å². The summed E-state index contributed by atoms with van der Waals surface area (Å²) in [5.41, 5.74) is 0. The fraction of sp³-hybridized carbons (Fsp3) is 1.00. The van der Waals surface area contributed by atoms with Crippen LogP contribution in [0.1, 0.15) is 33.1 Å². The van der Waals surface area contributed by atoms with Gasteiger partial charge in [0.25, 0.3) is 0 Å². The number of unbranched alkanes of at least 4 members (excludes halogenated alkanes) is 1. The molecule has 0 aliphatic carbocycles. The molecule has 1 unspecified atom stereocenters. The fourth-order valence-corrected chi connectivity index (χ4v) is 1.36. The van der Waals surface area contributed by atoms with Gasteiger partial charge >= 0.3 is 10.4 Å². The Morgan fingerprint density at radius 2 is 2.00 bits per heavy atom. The van der Waals surface area contributed by atoms with E-state index >= 15 is 0 Å². The van der Waals surface area contributed by atoms with E-state index in [1.54, 1.807) is 6.92 Å². The molecule has 0 amide bonds. The number of hydrogen-bond acceptors (Lipinski definition) is 4. The van der Waals surface area contributed by atoms with Crippen molar-refractivity contribution in [1.82, 2.24) is 0 Å². The van der Waals surface area contributed by atoms with Gasteiger partial charge in [-0.05, 0) is 13.3 Å². The minimum atomic E-state index is -3.75. The molecule has 0 saturated carbocycles. The van der Waals surface area contributed by atoms with E-state index in [-0.39, 0.29) is 6.10 Å². The largest absolute Gasteiger partial charge is 0.399 e. The predicted molar refractivity (Wildman–Crippen MR) is 46.0 cm³/mol. The quantitative estimate of drug-likeness (QED) is 0.645. The Kier molecular flexibility index (Phi) is 5.44. The summed E-state index contributed by atoms with van der Waals surface area (Å²) in [5, 5.41) is 0. The van der Waals surface area contributed by atoms with Gasteiger partial charge in [0.1, 0.15) is 0 Å². The van der Waals surface area contributed by atoms with E-state index in [0.29, 0.717) is 0 Å². The van der Waals surface area contributed by atoms with Crippen molar-refractivity contribution in [3.05, 3.63) is 0 Å². The van der Waals surface area contributed by atoms with Crippen LogP contribution in [0.15, 0.2) is 0 Å². The first-order chi connectivity index (χ1) is 5.52. The van der Waals surface area contributed by atoms with E-state index in [1.807, 2.05) is 6.92 Å². The lowest BCUT2D eigenvalue weighted by molar-refractivity contribution is 0.174. The minimum Gasteiger partial charge on any atom is -0.252 e. The third-order valence-electron chi connectivity index (χ3n) is 1.45. The topological polar surface area (TPSA) is 52.6 Å². The molecule has 12 heavy (non-hydrogen) atoms. The van der Waals surface area contributed by atoms with Crippen molar-refractivity contribution in [2.45, 2.75) is 39.2 Å². The molecule has 0 fully saturated rings. The SMILES string of the molecule is CCCCC(C)OS(=O)(=O)OC. The van der Waals surface area contributed by atoms with E-state index in [2.05, 4.69) is 8.37 Å². The first-order valence-corrected chi connectivity index (χ1v) is 5.34. The highest BCUT2D eigenvalue weighted by Gasteiger charge is 2.13. The first kappa shape index (κ1) is 11.9. The van der Waals surface area contributed by atoms with Gasteiger partial charge in [-0.2, -0.15) is 8.42 Å². The van der Waals surface area contributed by atoms with E-state index in [9.17, 15) is 8.42 Å². The molecule has 0 aromatic carbocycles. The molecule has 0 radical (unpaired) electrons. The zero-order chi connectivity index (χ0) is 9.61. The van der Waals surface area contributed by atoms with Crippen LogP contribution in [0.4, 0.5) is 0 Å². The average Bonchev–Trinajstić information content (AvgIpc) is 2.00. The maximum atomic E-state index is 10.7. The molecule has 0 spiro atoms. The monoisotopic (exact) mass is 196 g/mol. The van der Waals surface area contributed by atoms with Gasteiger partial charge in [-0.25, -0.2) is 4.18 Å². The van der Waals surface area contributed by atoms with Gasteiger partial charge in [-0.15, -0.1) is 0 Å². The Morgan fingerprint density at radius 3 is 2.42 bits per heavy atom. The summed E-state index contributed by atoms with van der Waals surface area (Å²) in [6.07, 6.45) is 2.43. The lowest BCUT2D eigenvalue weighted by atomic mass is 10.2. The third-order valence-corrected chi connectivity index (χ3v) is 2.42. The van der Waals surface area contributed by atoms with Crippen LogP contribution in [0, 0.1) is 0 Å². The van der Waals surface area contributed by atoms with Crippen molar-refractivity contribution in [3.63, 3.8) is 0 Å². The summed E-state index contributed by atoms with van der Waals surface area (Å²) in [4.78, 5) is 0. The second-order valence-corrected chi connectivity index (χ2v) is 3.97. The maximum absolute atomic E-state index is 10.7. The highest BCUT2D eigenvalue weighted by molar-refractivity contribution is 7.81. The third kappa shape index (κ3) is 5.51. The molecule has 0 N–H and O–H groups in total. The maximum Gasteiger partial charge on any atom is 0.399 e. The average molecular weight is 196 g/mol. The Labute approximate surface area is 74.2 Å². The van der Waals surface area contributed by atoms with Crippen LogP contribution >= 0.6 is 0 Å². The summed E-state index contributed by atoms with van der Waals surface area (Å²) in [7, 11) is -2.66. The second-order valence-electron chi connectivity index (χ2n) is 2.62. The lowest BCUT2D eigenvalue weighted by Gasteiger charge is -2.09. The molecule has 0 aliphatic heterocycles. The van der Waals surface area contributed by atoms with Gasteiger partial charge in [0.2, 0.25) is 0 Å². The Morgan fingerprint density at radius 1 is 1.42 bits per heavy atom. The van der Waals surface area contributed by atoms with Gasteiger partial charge in [0, 0.05) is 0 Å². The molecule has 4 nitrogen and oxygen atoms in total. The standard InChI is InChI=1S/C7H16O4S/c1-4-5-6-7(2)11-12(8,9)10-3/h7H,4-6H2,1-3H3. The number of rotatable bonds is 6. The van der Waals surface area contributed by atoms with E-state index in [4.69, 9.17) is 0 Å². The molecule has 1 atom stereocenters. The Hall–Kier alpha value is -0.130. The molecule has 5 heteroatoms. The van der Waals surface area contributed by atoms with Crippen LogP contribution in [0.2, 0.25) is 0 Å². The van der Waals surface area contributed by atoms with E-state index < -0.39 is 10.4 Å². The zero-order valence-electron chi connectivity index (χ0n) is 7.74. The van der Waals surface area contributed by atoms with Crippen LogP contribution in [0.3, 0.4) is 0 Å². The number of hydrogen-bond donors (Lipinski definition) is 0. The van der Waals surface area contributed by atoms with Crippen LogP contribution in [-0.2, 0) is 18.8 Å². The van der Waals surface area contributed by atoms with Crippen molar-refractivity contribution in [2.24, 2.45) is 0 Å². The fourth-order valence-electron chi connectivity index (χ4n) is 0.780. The molecule has 74 valence electrons. The molecule has 0 aromatic heterocycles. The van der Waals surface area contributed by atoms with E-state index in [0.717, 1.165) is 26.4 Å². The molecule has 0 aromatic rings. The molecule has 0 saturated heterocycles. The van der Waals surface area contributed by atoms with Crippen molar-refractivity contribution >= 4 is 10.4 Å². The highest BCUT2D eigenvalue weighted by Crippen LogP contribution is 2.07. The second kappa shape index (κ2) is 5.50. The van der Waals surface area contributed by atoms with E-state index in [1.165, 1.54) is 0 Å². The van der Waals surface area contributed by atoms with Crippen LogP contribution in [-0.4, -0.2) is 21.6 Å². The van der Waals surface area contributed by atoms with Gasteiger partial charge in [-0.1, -0.05) is 19.8 Å². The lowest BCUT2D eigenvalue weighted by Crippen LogP contribution is -2.16. The van der Waals surface area contributed by atoms with Gasteiger partial charge < -0.3 is 0 Å². The van der Waals surface area contributed by atoms with Crippen LogP contribution in [0.25, 0.3) is 0 Å². The van der Waals surface area contributed by atoms with Crippen LogP contribution < -0.4 is 0 Å². The van der Waals surface area contributed by atoms with Gasteiger partial charge in [-0.3, -0.25) is 4.18 Å². The Balaban J connectivity index is 3.76. The molecule has 0 rings (SSSR count). The molecule has 0 aliphatic rings. The summed E-state index contributed by atoms with van der Waals surface area (Å²) >= 11 is 0. The molecule has 0 bridgehead atoms. The summed E-state index contributed by atoms with van der Waals surface area (Å²) in [6.45, 7) is 3.75. The summed E-state index contributed by atoms with van der Waals surface area (Å²) < 4.78 is 30.2. The van der Waals surface area contributed by atoms with Crippen molar-refractivity contribution in [1.29, 1.82) is 0 Å². The first-order valence-electron chi connectivity index (χ1n) is 4.00. The molecular formula is C7H16O4S. The predicted octanol–water partition coefficient (Wildman–Crippen LogP) is 1.47. The summed E-state index contributed by atoms with van der Waals surface area (Å²) in [5.74, 6) is 0. The molecular weight excluding hydrogens is 180 g/mol. The highest BCUT2D eigenvalue weighted by atomic mass is 32.3. The smallest absolute Gasteiger partial charge is 0.252 e. The molecule has 0 heterocycles.